The Labute approximate surface area is 144 Å². The van der Waals surface area contributed by atoms with Crippen LogP contribution in [0.3, 0.4) is 0 Å². The van der Waals surface area contributed by atoms with Crippen LogP contribution in [0.1, 0.15) is 37.3 Å². The molecule has 0 radical (unpaired) electrons. The van der Waals surface area contributed by atoms with Gasteiger partial charge in [-0.15, -0.1) is 0 Å². The molecule has 1 aromatic carbocycles. The van der Waals surface area contributed by atoms with E-state index in [1.807, 2.05) is 0 Å². The highest BCUT2D eigenvalue weighted by molar-refractivity contribution is 14.2. The van der Waals surface area contributed by atoms with Crippen LogP contribution in [0.5, 0.6) is 0 Å². The van der Waals surface area contributed by atoms with Gasteiger partial charge in [-0.25, -0.2) is 0 Å². The molecule has 1 aliphatic rings. The van der Waals surface area contributed by atoms with E-state index in [0.717, 1.165) is 25.9 Å². The largest absolute Gasteiger partial charge is 0.309 e. The van der Waals surface area contributed by atoms with Gasteiger partial charge in [-0.05, 0) is 46.9 Å². The fourth-order valence-electron chi connectivity index (χ4n) is 2.55. The van der Waals surface area contributed by atoms with Crippen molar-refractivity contribution < 1.29 is 0 Å². The zero-order valence-corrected chi connectivity index (χ0v) is 15.2. The van der Waals surface area contributed by atoms with Crippen LogP contribution in [0.25, 0.3) is 0 Å². The normalized spacial score (nSPS) is 15.8. The first-order valence-corrected chi connectivity index (χ1v) is 10.9. The molecular formula is C17H23IN2S. The van der Waals surface area contributed by atoms with Gasteiger partial charge in [-0.2, -0.15) is 0 Å². The first kappa shape index (κ1) is 17.1. The predicted molar refractivity (Wildman–Crippen MR) is 102 cm³/mol. The lowest BCUT2D eigenvalue weighted by Gasteiger charge is -2.19. The number of allylic oxidation sites excluding steroid dienone is 4. The van der Waals surface area contributed by atoms with Crippen LogP contribution in [0.15, 0.2) is 54.1 Å². The van der Waals surface area contributed by atoms with Crippen molar-refractivity contribution in [1.82, 2.24) is 10.0 Å². The molecule has 0 amide bonds. The lowest BCUT2D eigenvalue weighted by molar-refractivity contribution is 0.520. The highest BCUT2D eigenvalue weighted by Crippen LogP contribution is 2.17. The van der Waals surface area contributed by atoms with E-state index < -0.39 is 0 Å². The van der Waals surface area contributed by atoms with Crippen LogP contribution < -0.4 is 10.0 Å². The van der Waals surface area contributed by atoms with Gasteiger partial charge in [-0.3, -0.25) is 4.72 Å². The minimum Gasteiger partial charge on any atom is -0.309 e. The molecule has 1 aliphatic carbocycles. The summed E-state index contributed by atoms with van der Waals surface area (Å²) >= 11 is 2.28. The van der Waals surface area contributed by atoms with Gasteiger partial charge in [0, 0.05) is 33.8 Å². The zero-order chi connectivity index (χ0) is 14.8. The number of nitrogens with one attached hydrogen (secondary N) is 2. The third-order valence-electron chi connectivity index (χ3n) is 3.70. The van der Waals surface area contributed by atoms with Crippen molar-refractivity contribution in [2.24, 2.45) is 0 Å². The van der Waals surface area contributed by atoms with Gasteiger partial charge in [-0.1, -0.05) is 54.1 Å². The molecule has 114 valence electrons. The fraction of sp³-hybridized carbons (Fsp3) is 0.412. The Kier molecular flexibility index (Phi) is 8.47. The van der Waals surface area contributed by atoms with Crippen molar-refractivity contribution in [2.45, 2.75) is 31.7 Å². The van der Waals surface area contributed by atoms with Crippen LogP contribution in [0, 0.1) is 0 Å². The highest BCUT2D eigenvalue weighted by atomic mass is 127. The first-order chi connectivity index (χ1) is 10.4. The number of benzene rings is 1. The summed E-state index contributed by atoms with van der Waals surface area (Å²) in [6.07, 6.45) is 11.6. The molecule has 21 heavy (non-hydrogen) atoms. The first-order valence-electron chi connectivity index (χ1n) is 7.52. The summed E-state index contributed by atoms with van der Waals surface area (Å²) in [7, 11) is 1.65. The minimum atomic E-state index is 0.383. The van der Waals surface area contributed by atoms with E-state index in [4.69, 9.17) is 0 Å². The van der Waals surface area contributed by atoms with Crippen molar-refractivity contribution in [3.63, 3.8) is 0 Å². The molecule has 1 unspecified atom stereocenters. The third kappa shape index (κ3) is 6.55. The highest BCUT2D eigenvalue weighted by Gasteiger charge is 2.10. The molecule has 0 bridgehead atoms. The SMILES string of the molecule is ISNCC(NCCCC1=CCC=CC1)c1ccccc1. The average Bonchev–Trinajstić information content (AvgIpc) is 2.56. The van der Waals surface area contributed by atoms with Gasteiger partial charge < -0.3 is 5.32 Å². The number of rotatable bonds is 9. The van der Waals surface area contributed by atoms with E-state index in [9.17, 15) is 0 Å². The number of halogens is 1. The summed E-state index contributed by atoms with van der Waals surface area (Å²) in [5.41, 5.74) is 2.95. The summed E-state index contributed by atoms with van der Waals surface area (Å²) in [6, 6.07) is 11.1. The monoisotopic (exact) mass is 414 g/mol. The molecule has 0 aliphatic heterocycles. The summed E-state index contributed by atoms with van der Waals surface area (Å²) in [4.78, 5) is 0. The lowest BCUT2D eigenvalue weighted by atomic mass is 10.0. The van der Waals surface area contributed by atoms with Crippen LogP contribution in [0.4, 0.5) is 0 Å². The Bertz CT molecular complexity index is 459. The molecule has 0 saturated carbocycles. The van der Waals surface area contributed by atoms with Gasteiger partial charge in [0.1, 0.15) is 0 Å². The Hall–Kier alpha value is -0.300. The molecule has 0 aromatic heterocycles. The number of hydrogen-bond donors (Lipinski definition) is 2. The van der Waals surface area contributed by atoms with Crippen LogP contribution in [0.2, 0.25) is 0 Å². The van der Waals surface area contributed by atoms with Crippen molar-refractivity contribution in [3.8, 4) is 0 Å². The van der Waals surface area contributed by atoms with Gasteiger partial charge >= 0.3 is 0 Å². The minimum absolute atomic E-state index is 0.383. The van der Waals surface area contributed by atoms with Crippen LogP contribution in [-0.4, -0.2) is 13.1 Å². The molecule has 0 spiro atoms. The second-order valence-electron chi connectivity index (χ2n) is 5.22. The maximum atomic E-state index is 3.69. The van der Waals surface area contributed by atoms with E-state index in [1.54, 1.807) is 14.7 Å². The standard InChI is InChI=1S/C17H23IN2S/c18-21-20-14-17(16-11-5-2-6-12-16)19-13-7-10-15-8-3-1-4-9-15/h1-3,5-6,9,11-12,17,19-20H,4,7-8,10,13-14H2. The quantitative estimate of drug-likeness (QED) is 0.259. The molecule has 4 heteroatoms. The van der Waals surface area contributed by atoms with E-state index in [2.05, 4.69) is 79.8 Å². The summed E-state index contributed by atoms with van der Waals surface area (Å²) in [5.74, 6) is 0. The van der Waals surface area contributed by atoms with Gasteiger partial charge in [0.05, 0.1) is 0 Å². The Morgan fingerprint density at radius 2 is 2.05 bits per heavy atom. The summed E-state index contributed by atoms with van der Waals surface area (Å²) < 4.78 is 3.36. The van der Waals surface area contributed by atoms with Crippen molar-refractivity contribution >= 4 is 30.3 Å². The summed E-state index contributed by atoms with van der Waals surface area (Å²) in [5, 5.41) is 3.69. The van der Waals surface area contributed by atoms with E-state index in [0.29, 0.717) is 6.04 Å². The van der Waals surface area contributed by atoms with Gasteiger partial charge in [0.2, 0.25) is 0 Å². The molecule has 1 atom stereocenters. The number of hydrogen-bond acceptors (Lipinski definition) is 3. The molecule has 2 nitrogen and oxygen atoms in total. The van der Waals surface area contributed by atoms with E-state index in [-0.39, 0.29) is 0 Å². The van der Waals surface area contributed by atoms with Gasteiger partial charge in [0.25, 0.3) is 0 Å². The fourth-order valence-corrected chi connectivity index (χ4v) is 3.32. The third-order valence-corrected chi connectivity index (χ3v) is 4.91. The van der Waals surface area contributed by atoms with E-state index >= 15 is 0 Å². The van der Waals surface area contributed by atoms with Gasteiger partial charge in [0.15, 0.2) is 0 Å². The molecular weight excluding hydrogens is 391 g/mol. The van der Waals surface area contributed by atoms with Crippen molar-refractivity contribution in [2.75, 3.05) is 13.1 Å². The Balaban J connectivity index is 1.75. The second kappa shape index (κ2) is 10.4. The molecule has 0 fully saturated rings. The van der Waals surface area contributed by atoms with Crippen molar-refractivity contribution in [3.05, 3.63) is 59.7 Å². The zero-order valence-electron chi connectivity index (χ0n) is 12.2. The summed E-state index contributed by atoms with van der Waals surface area (Å²) in [6.45, 7) is 2.01. The smallest absolute Gasteiger partial charge is 0.0456 e. The molecule has 1 aromatic rings. The average molecular weight is 414 g/mol. The van der Waals surface area contributed by atoms with E-state index in [1.165, 1.54) is 18.4 Å². The molecule has 0 saturated heterocycles. The second-order valence-corrected chi connectivity index (χ2v) is 6.98. The topological polar surface area (TPSA) is 24.1 Å². The maximum absolute atomic E-state index is 3.69. The maximum Gasteiger partial charge on any atom is 0.0456 e. The van der Waals surface area contributed by atoms with Crippen LogP contribution >= 0.6 is 30.3 Å². The Morgan fingerprint density at radius 3 is 2.76 bits per heavy atom. The predicted octanol–water partition coefficient (Wildman–Crippen LogP) is 4.96. The molecule has 2 N–H and O–H groups in total. The molecule has 2 rings (SSSR count). The molecule has 0 heterocycles. The lowest BCUT2D eigenvalue weighted by Crippen LogP contribution is -2.29. The Morgan fingerprint density at radius 1 is 1.19 bits per heavy atom. The van der Waals surface area contributed by atoms with Crippen LogP contribution in [-0.2, 0) is 0 Å². The van der Waals surface area contributed by atoms with Crippen molar-refractivity contribution in [1.29, 1.82) is 0 Å².